The molecule has 0 amide bonds. The van der Waals surface area contributed by atoms with Crippen molar-refractivity contribution in [1.82, 2.24) is 0 Å². The van der Waals surface area contributed by atoms with Crippen molar-refractivity contribution in [3.05, 3.63) is 60.2 Å². The van der Waals surface area contributed by atoms with E-state index in [1.54, 1.807) is 0 Å². The Morgan fingerprint density at radius 1 is 0.769 bits per heavy atom. The molecule has 4 rings (SSSR count). The van der Waals surface area contributed by atoms with Crippen molar-refractivity contribution in [3.8, 4) is 0 Å². The van der Waals surface area contributed by atoms with Gasteiger partial charge >= 0.3 is 0 Å². The molecule has 0 aromatic heterocycles. The van der Waals surface area contributed by atoms with Gasteiger partial charge < -0.3 is 9.80 Å². The fraction of sp³-hybridized carbons (Fsp3) is 0.500. The zero-order valence-corrected chi connectivity index (χ0v) is 16.4. The first-order valence-corrected chi connectivity index (χ1v) is 10.4. The maximum Gasteiger partial charge on any atom is 0.0994 e. The van der Waals surface area contributed by atoms with Gasteiger partial charge in [0.2, 0.25) is 0 Å². The van der Waals surface area contributed by atoms with Gasteiger partial charge in [0.1, 0.15) is 0 Å². The first-order chi connectivity index (χ1) is 12.7. The molecule has 2 aromatic carbocycles. The molecular weight excluding hydrogens is 316 g/mol. The molecule has 0 spiro atoms. The van der Waals surface area contributed by atoms with E-state index in [4.69, 9.17) is 0 Å². The van der Waals surface area contributed by atoms with Gasteiger partial charge in [-0.1, -0.05) is 55.7 Å². The molecule has 0 N–H and O–H groups in total. The molecule has 2 unspecified atom stereocenters. The van der Waals surface area contributed by atoms with E-state index in [2.05, 4.69) is 85.2 Å². The third-order valence-electron chi connectivity index (χ3n) is 6.64. The Kier molecular flexibility index (Phi) is 4.93. The number of nitrogens with zero attached hydrogens (tertiary/aromatic N) is 2. The third kappa shape index (κ3) is 3.00. The van der Waals surface area contributed by atoms with Crippen LogP contribution in [0.3, 0.4) is 0 Å². The summed E-state index contributed by atoms with van der Waals surface area (Å²) in [6, 6.07) is 21.1. The highest BCUT2D eigenvalue weighted by Crippen LogP contribution is 2.43. The number of hydrogen-bond donors (Lipinski definition) is 0. The van der Waals surface area contributed by atoms with Crippen molar-refractivity contribution in [2.75, 3.05) is 9.80 Å². The maximum atomic E-state index is 2.72. The van der Waals surface area contributed by atoms with Crippen molar-refractivity contribution < 1.29 is 0 Å². The van der Waals surface area contributed by atoms with Gasteiger partial charge in [-0.3, -0.25) is 0 Å². The highest BCUT2D eigenvalue weighted by atomic mass is 15.5. The zero-order valence-electron chi connectivity index (χ0n) is 16.4. The summed E-state index contributed by atoms with van der Waals surface area (Å²) in [5.74, 6) is 0.801. The van der Waals surface area contributed by atoms with E-state index in [1.807, 2.05) is 0 Å². The Morgan fingerprint density at radius 2 is 1.42 bits per heavy atom. The van der Waals surface area contributed by atoms with Crippen LogP contribution in [0, 0.1) is 12.8 Å². The minimum Gasteiger partial charge on any atom is -0.346 e. The topological polar surface area (TPSA) is 6.48 Å². The van der Waals surface area contributed by atoms with E-state index in [1.165, 1.54) is 49.0 Å². The molecule has 1 aliphatic heterocycles. The molecule has 2 nitrogen and oxygen atoms in total. The smallest absolute Gasteiger partial charge is 0.0994 e. The van der Waals surface area contributed by atoms with E-state index in [0.717, 1.165) is 5.92 Å². The summed E-state index contributed by atoms with van der Waals surface area (Å²) >= 11 is 0. The van der Waals surface area contributed by atoms with E-state index >= 15 is 0 Å². The predicted octanol–water partition coefficient (Wildman–Crippen LogP) is 6.01. The second kappa shape index (κ2) is 7.34. The summed E-state index contributed by atoms with van der Waals surface area (Å²) in [6.07, 6.45) is 7.35. The number of para-hydroxylation sites is 2. The average Bonchev–Trinajstić information content (AvgIpc) is 2.94. The van der Waals surface area contributed by atoms with Crippen LogP contribution in [0.15, 0.2) is 54.6 Å². The lowest BCUT2D eigenvalue weighted by atomic mass is 9.81. The molecule has 2 fully saturated rings. The molecule has 1 saturated heterocycles. The van der Waals surface area contributed by atoms with Crippen molar-refractivity contribution in [3.63, 3.8) is 0 Å². The Morgan fingerprint density at radius 3 is 2.12 bits per heavy atom. The number of aryl methyl sites for hydroxylation is 1. The second-order valence-corrected chi connectivity index (χ2v) is 8.20. The van der Waals surface area contributed by atoms with E-state index in [-0.39, 0.29) is 0 Å². The zero-order chi connectivity index (χ0) is 18.1. The first kappa shape index (κ1) is 17.5. The van der Waals surface area contributed by atoms with E-state index in [9.17, 15) is 0 Å². The van der Waals surface area contributed by atoms with Crippen LogP contribution in [-0.4, -0.2) is 18.2 Å². The fourth-order valence-electron chi connectivity index (χ4n) is 5.48. The molecule has 2 aromatic rings. The average molecular weight is 349 g/mol. The molecule has 1 saturated carbocycles. The van der Waals surface area contributed by atoms with Crippen LogP contribution in [0.1, 0.15) is 51.5 Å². The molecule has 1 aliphatic carbocycles. The molecule has 1 heterocycles. The van der Waals surface area contributed by atoms with Crippen molar-refractivity contribution >= 4 is 11.4 Å². The summed E-state index contributed by atoms with van der Waals surface area (Å²) in [5, 5.41) is 0. The number of anilines is 2. The Balaban J connectivity index is 1.75. The predicted molar refractivity (Wildman–Crippen MR) is 112 cm³/mol. The highest BCUT2D eigenvalue weighted by molar-refractivity contribution is 5.62. The van der Waals surface area contributed by atoms with E-state index < -0.39 is 0 Å². The normalized spacial score (nSPS) is 27.1. The molecule has 2 aliphatic rings. The summed E-state index contributed by atoms with van der Waals surface area (Å²) in [7, 11) is 0. The van der Waals surface area contributed by atoms with Crippen LogP contribution < -0.4 is 9.80 Å². The van der Waals surface area contributed by atoms with Gasteiger partial charge in [-0.2, -0.15) is 0 Å². The summed E-state index contributed by atoms with van der Waals surface area (Å²) in [4.78, 5) is 5.38. The Hall–Kier alpha value is -1.96. The van der Waals surface area contributed by atoms with Gasteiger partial charge in [-0.25, -0.2) is 0 Å². The van der Waals surface area contributed by atoms with Gasteiger partial charge in [0.25, 0.3) is 0 Å². The summed E-state index contributed by atoms with van der Waals surface area (Å²) in [6.45, 7) is 7.08. The third-order valence-corrected chi connectivity index (χ3v) is 6.64. The quantitative estimate of drug-likeness (QED) is 0.670. The number of benzene rings is 2. The van der Waals surface area contributed by atoms with Crippen LogP contribution in [0.5, 0.6) is 0 Å². The lowest BCUT2D eigenvalue weighted by Gasteiger charge is -2.37. The van der Waals surface area contributed by atoms with E-state index in [0.29, 0.717) is 18.2 Å². The lowest BCUT2D eigenvalue weighted by molar-refractivity contribution is 0.292. The van der Waals surface area contributed by atoms with Crippen LogP contribution in [0.2, 0.25) is 0 Å². The molecule has 0 bridgehead atoms. The molecular formula is C24H32N2. The van der Waals surface area contributed by atoms with Gasteiger partial charge in [-0.15, -0.1) is 0 Å². The standard InChI is InChI=1S/C24H32N2/c1-18-12-10-11-17-23(18)25-19(2)24(21-13-6-4-7-14-21)26(20(25)3)22-15-8-5-9-16-22/h5,8-12,15-17,19-21,24H,4,6-7,13-14H2,1-3H3/t19-,20?,24?/m0/s1. The number of hydrogen-bond acceptors (Lipinski definition) is 2. The SMILES string of the molecule is Cc1ccccc1N1C(C)N(c2ccccc2)C(C2CCCCC2)[C@@H]1C. The number of rotatable bonds is 3. The first-order valence-electron chi connectivity index (χ1n) is 10.4. The second-order valence-electron chi connectivity index (χ2n) is 8.20. The largest absolute Gasteiger partial charge is 0.346 e. The monoisotopic (exact) mass is 348 g/mol. The molecule has 2 heteroatoms. The van der Waals surface area contributed by atoms with Crippen molar-refractivity contribution in [2.24, 2.45) is 5.92 Å². The van der Waals surface area contributed by atoms with Crippen molar-refractivity contribution in [1.29, 1.82) is 0 Å². The molecule has 26 heavy (non-hydrogen) atoms. The summed E-state index contributed by atoms with van der Waals surface area (Å²) < 4.78 is 0. The minimum atomic E-state index is 0.375. The van der Waals surface area contributed by atoms with Crippen molar-refractivity contribution in [2.45, 2.75) is 71.1 Å². The Labute approximate surface area is 158 Å². The molecule has 3 atom stereocenters. The van der Waals surface area contributed by atoms with Gasteiger partial charge in [0.15, 0.2) is 0 Å². The lowest BCUT2D eigenvalue weighted by Crippen LogP contribution is -2.43. The highest BCUT2D eigenvalue weighted by Gasteiger charge is 2.46. The fourth-order valence-corrected chi connectivity index (χ4v) is 5.48. The van der Waals surface area contributed by atoms with Gasteiger partial charge in [-0.05, 0) is 63.3 Å². The Bertz CT molecular complexity index is 720. The van der Waals surface area contributed by atoms with Crippen LogP contribution in [0.4, 0.5) is 11.4 Å². The maximum absolute atomic E-state index is 2.72. The van der Waals surface area contributed by atoms with Crippen LogP contribution in [-0.2, 0) is 0 Å². The van der Waals surface area contributed by atoms with Gasteiger partial charge in [0, 0.05) is 17.4 Å². The van der Waals surface area contributed by atoms with Crippen LogP contribution >= 0.6 is 0 Å². The van der Waals surface area contributed by atoms with Crippen LogP contribution in [0.25, 0.3) is 0 Å². The minimum absolute atomic E-state index is 0.375. The molecule has 0 radical (unpaired) electrons. The van der Waals surface area contributed by atoms with Gasteiger partial charge in [0.05, 0.1) is 12.2 Å². The molecule has 138 valence electrons. The summed E-state index contributed by atoms with van der Waals surface area (Å²) in [5.41, 5.74) is 4.15.